The lowest BCUT2D eigenvalue weighted by atomic mass is 10.3. The highest BCUT2D eigenvalue weighted by Gasteiger charge is 2.33. The zero-order chi connectivity index (χ0) is 17.3. The number of hydrogen-bond acceptors (Lipinski definition) is 8. The predicted octanol–water partition coefficient (Wildman–Crippen LogP) is 0.464. The van der Waals surface area contributed by atoms with Gasteiger partial charge in [0.05, 0.1) is 0 Å². The van der Waals surface area contributed by atoms with Crippen LogP contribution in [0.1, 0.15) is 17.1 Å². The molecule has 24 heavy (non-hydrogen) atoms. The summed E-state index contributed by atoms with van der Waals surface area (Å²) in [6, 6.07) is 5.22. The molecule has 10 heteroatoms. The van der Waals surface area contributed by atoms with Crippen molar-refractivity contribution in [2.45, 2.75) is 18.7 Å². The molecule has 1 saturated heterocycles. The molecule has 1 aliphatic rings. The largest absolute Gasteiger partial charge is 0.360 e. The molecule has 3 rings (SSSR count). The van der Waals surface area contributed by atoms with Crippen LogP contribution in [-0.4, -0.2) is 54.3 Å². The minimum Gasteiger partial charge on any atom is -0.360 e. The van der Waals surface area contributed by atoms with Gasteiger partial charge in [0.2, 0.25) is 10.0 Å². The molecule has 2 aromatic heterocycles. The molecule has 0 aromatic carbocycles. The summed E-state index contributed by atoms with van der Waals surface area (Å²) in [5.74, 6) is 0.927. The van der Waals surface area contributed by atoms with Crippen LogP contribution < -0.4 is 4.90 Å². The van der Waals surface area contributed by atoms with Crippen LogP contribution in [-0.2, 0) is 10.0 Å². The molecule has 0 atom stereocenters. The molecule has 0 spiro atoms. The summed E-state index contributed by atoms with van der Waals surface area (Å²) in [4.78, 5) is 2.09. The standard InChI is InChI=1S/C14H16N6O3S/c1-10-14(11(2)23-18-10)24(21,22)20-7-5-19(6-8-20)13-4-3-12(9-15)16-17-13/h3-4H,5-8H2,1-2H3. The van der Waals surface area contributed by atoms with Gasteiger partial charge in [-0.2, -0.15) is 9.57 Å². The number of nitrogens with zero attached hydrogens (tertiary/aromatic N) is 6. The van der Waals surface area contributed by atoms with E-state index in [9.17, 15) is 8.42 Å². The molecular weight excluding hydrogens is 332 g/mol. The van der Waals surface area contributed by atoms with Crippen molar-refractivity contribution in [3.63, 3.8) is 0 Å². The van der Waals surface area contributed by atoms with Gasteiger partial charge in [-0.15, -0.1) is 10.2 Å². The number of hydrogen-bond donors (Lipinski definition) is 0. The van der Waals surface area contributed by atoms with Gasteiger partial charge in [-0.25, -0.2) is 8.42 Å². The topological polar surface area (TPSA) is 116 Å². The van der Waals surface area contributed by atoms with Crippen LogP contribution >= 0.6 is 0 Å². The fourth-order valence-electron chi connectivity index (χ4n) is 2.68. The van der Waals surface area contributed by atoms with E-state index in [1.807, 2.05) is 11.0 Å². The van der Waals surface area contributed by atoms with Crippen molar-refractivity contribution in [2.75, 3.05) is 31.1 Å². The van der Waals surface area contributed by atoms with Crippen molar-refractivity contribution >= 4 is 15.8 Å². The van der Waals surface area contributed by atoms with E-state index in [4.69, 9.17) is 9.78 Å². The second-order valence-electron chi connectivity index (χ2n) is 5.43. The molecule has 3 heterocycles. The van der Waals surface area contributed by atoms with E-state index in [1.54, 1.807) is 26.0 Å². The quantitative estimate of drug-likeness (QED) is 0.785. The van der Waals surface area contributed by atoms with Gasteiger partial charge in [0, 0.05) is 26.2 Å². The SMILES string of the molecule is Cc1noc(C)c1S(=O)(=O)N1CCN(c2ccc(C#N)nn2)CC1. The smallest absolute Gasteiger partial charge is 0.248 e. The van der Waals surface area contributed by atoms with E-state index >= 15 is 0 Å². The molecule has 0 aliphatic carbocycles. The minimum absolute atomic E-state index is 0.147. The Kier molecular flexibility index (Phi) is 4.21. The number of anilines is 1. The summed E-state index contributed by atoms with van der Waals surface area (Å²) in [6.45, 7) is 4.84. The van der Waals surface area contributed by atoms with Crippen molar-refractivity contribution in [3.8, 4) is 6.07 Å². The molecule has 2 aromatic rings. The maximum Gasteiger partial charge on any atom is 0.248 e. The molecule has 0 saturated carbocycles. The summed E-state index contributed by atoms with van der Waals surface area (Å²) in [7, 11) is -3.63. The first-order valence-corrected chi connectivity index (χ1v) is 8.79. The van der Waals surface area contributed by atoms with Gasteiger partial charge in [0.15, 0.2) is 17.3 Å². The normalized spacial score (nSPS) is 16.1. The van der Waals surface area contributed by atoms with E-state index < -0.39 is 10.0 Å². The first-order valence-electron chi connectivity index (χ1n) is 7.35. The molecule has 0 amide bonds. The third-order valence-electron chi connectivity index (χ3n) is 3.89. The fraction of sp³-hybridized carbons (Fsp3) is 0.429. The zero-order valence-electron chi connectivity index (χ0n) is 13.3. The van der Waals surface area contributed by atoms with Gasteiger partial charge in [0.25, 0.3) is 0 Å². The van der Waals surface area contributed by atoms with Crippen LogP contribution in [0.3, 0.4) is 0 Å². The maximum absolute atomic E-state index is 12.8. The first-order chi connectivity index (χ1) is 11.4. The van der Waals surface area contributed by atoms with Crippen LogP contribution in [0.4, 0.5) is 5.82 Å². The van der Waals surface area contributed by atoms with E-state index in [0.717, 1.165) is 0 Å². The number of aryl methyl sites for hydroxylation is 2. The van der Waals surface area contributed by atoms with Gasteiger partial charge in [-0.05, 0) is 26.0 Å². The van der Waals surface area contributed by atoms with Crippen molar-refractivity contribution in [1.29, 1.82) is 5.26 Å². The van der Waals surface area contributed by atoms with Crippen molar-refractivity contribution in [1.82, 2.24) is 19.7 Å². The lowest BCUT2D eigenvalue weighted by Crippen LogP contribution is -2.49. The summed E-state index contributed by atoms with van der Waals surface area (Å²) >= 11 is 0. The van der Waals surface area contributed by atoms with Crippen LogP contribution in [0.2, 0.25) is 0 Å². The van der Waals surface area contributed by atoms with E-state index in [1.165, 1.54) is 4.31 Å². The Balaban J connectivity index is 1.74. The highest BCUT2D eigenvalue weighted by Crippen LogP contribution is 2.24. The second kappa shape index (κ2) is 6.18. The lowest BCUT2D eigenvalue weighted by molar-refractivity contribution is 0.377. The van der Waals surface area contributed by atoms with Gasteiger partial charge in [0.1, 0.15) is 16.7 Å². The summed E-state index contributed by atoms with van der Waals surface area (Å²) in [6.07, 6.45) is 0. The number of rotatable bonds is 3. The van der Waals surface area contributed by atoms with E-state index in [2.05, 4.69) is 15.4 Å². The van der Waals surface area contributed by atoms with Gasteiger partial charge < -0.3 is 9.42 Å². The van der Waals surface area contributed by atoms with Crippen LogP contribution in [0.15, 0.2) is 21.6 Å². The predicted molar refractivity (Wildman–Crippen MR) is 83.7 cm³/mol. The number of sulfonamides is 1. The monoisotopic (exact) mass is 348 g/mol. The van der Waals surface area contributed by atoms with E-state index in [0.29, 0.717) is 43.5 Å². The summed E-state index contributed by atoms with van der Waals surface area (Å²) in [5, 5.41) is 20.3. The Labute approximate surface area is 139 Å². The molecule has 0 radical (unpaired) electrons. The van der Waals surface area contributed by atoms with Crippen LogP contribution in [0.5, 0.6) is 0 Å². The fourth-order valence-corrected chi connectivity index (χ4v) is 4.40. The number of piperazine rings is 1. The summed E-state index contributed by atoms with van der Waals surface area (Å²) in [5.41, 5.74) is 0.617. The molecular formula is C14H16N6O3S. The molecule has 126 valence electrons. The van der Waals surface area contributed by atoms with Crippen molar-refractivity contribution < 1.29 is 12.9 Å². The Hall–Kier alpha value is -2.51. The Morgan fingerprint density at radius 3 is 2.38 bits per heavy atom. The first kappa shape index (κ1) is 16.4. The molecule has 0 unspecified atom stereocenters. The Morgan fingerprint density at radius 1 is 1.17 bits per heavy atom. The Morgan fingerprint density at radius 2 is 1.88 bits per heavy atom. The minimum atomic E-state index is -3.63. The average molecular weight is 348 g/mol. The third-order valence-corrected chi connectivity index (χ3v) is 6.04. The Bertz CT molecular complexity index is 857. The molecule has 1 aliphatic heterocycles. The highest BCUT2D eigenvalue weighted by atomic mass is 32.2. The molecule has 0 N–H and O–H groups in total. The number of nitriles is 1. The second-order valence-corrected chi connectivity index (χ2v) is 7.31. The van der Waals surface area contributed by atoms with Crippen LogP contribution in [0.25, 0.3) is 0 Å². The van der Waals surface area contributed by atoms with Crippen molar-refractivity contribution in [2.24, 2.45) is 0 Å². The third kappa shape index (κ3) is 2.83. The average Bonchev–Trinajstić information content (AvgIpc) is 2.94. The molecule has 1 fully saturated rings. The van der Waals surface area contributed by atoms with Gasteiger partial charge in [-0.1, -0.05) is 5.16 Å². The highest BCUT2D eigenvalue weighted by molar-refractivity contribution is 7.89. The van der Waals surface area contributed by atoms with Crippen molar-refractivity contribution in [3.05, 3.63) is 29.3 Å². The zero-order valence-corrected chi connectivity index (χ0v) is 14.1. The maximum atomic E-state index is 12.8. The lowest BCUT2D eigenvalue weighted by Gasteiger charge is -2.34. The van der Waals surface area contributed by atoms with Crippen LogP contribution in [0, 0.1) is 25.2 Å². The molecule has 0 bridgehead atoms. The number of aromatic nitrogens is 3. The van der Waals surface area contributed by atoms with Gasteiger partial charge >= 0.3 is 0 Å². The summed E-state index contributed by atoms with van der Waals surface area (Å²) < 4.78 is 31.9. The van der Waals surface area contributed by atoms with E-state index in [-0.39, 0.29) is 10.6 Å². The molecule has 9 nitrogen and oxygen atoms in total. The van der Waals surface area contributed by atoms with Gasteiger partial charge in [-0.3, -0.25) is 0 Å².